The molecule has 194 valence electrons. The third-order valence-corrected chi connectivity index (χ3v) is 6.66. The number of halogens is 3. The molecule has 0 bridgehead atoms. The van der Waals surface area contributed by atoms with Crippen LogP contribution in [-0.4, -0.2) is 59.7 Å². The van der Waals surface area contributed by atoms with Crippen LogP contribution in [0.4, 0.5) is 0 Å². The van der Waals surface area contributed by atoms with Gasteiger partial charge in [0, 0.05) is 23.7 Å². The van der Waals surface area contributed by atoms with Crippen LogP contribution < -0.4 is 14.2 Å². The highest BCUT2D eigenvalue weighted by atomic mass is 35.5. The molecule has 0 radical (unpaired) electrons. The quantitative estimate of drug-likeness (QED) is 0.209. The molecule has 0 spiro atoms. The molecule has 2 aromatic carbocycles. The number of carbonyl (C=O) groups excluding carboxylic acids is 1. The van der Waals surface area contributed by atoms with Gasteiger partial charge < -0.3 is 23.9 Å². The average molecular weight is 567 g/mol. The van der Waals surface area contributed by atoms with Crippen LogP contribution in [0.15, 0.2) is 36.4 Å². The largest absolute Gasteiger partial charge is 0.598 e. The summed E-state index contributed by atoms with van der Waals surface area (Å²) in [4.78, 5) is 11.2. The number of benzene rings is 2. The third-order valence-electron chi connectivity index (χ3n) is 5.18. The second-order valence-electron chi connectivity index (χ2n) is 8.38. The van der Waals surface area contributed by atoms with Gasteiger partial charge >= 0.3 is 5.97 Å². The number of nitrogens with one attached hydrogen (secondary N) is 1. The lowest BCUT2D eigenvalue weighted by atomic mass is 9.78. The molecule has 0 aromatic heterocycles. The minimum Gasteiger partial charge on any atom is -0.598 e. The molecular weight excluding hydrogens is 537 g/mol. The smallest absolute Gasteiger partial charge is 0.303 e. The van der Waals surface area contributed by atoms with Gasteiger partial charge in [-0.15, -0.1) is 16.3 Å². The van der Waals surface area contributed by atoms with Crippen molar-refractivity contribution in [3.05, 3.63) is 57.6 Å². The third kappa shape index (κ3) is 9.21. The summed E-state index contributed by atoms with van der Waals surface area (Å²) in [5, 5.41) is 10.6. The molecule has 3 atom stereocenters. The lowest BCUT2D eigenvalue weighted by Gasteiger charge is -2.27. The summed E-state index contributed by atoms with van der Waals surface area (Å²) in [5.74, 6) is 0.517. The van der Waals surface area contributed by atoms with Gasteiger partial charge in [0.25, 0.3) is 0 Å². The van der Waals surface area contributed by atoms with E-state index in [1.807, 2.05) is 38.1 Å². The molecule has 7 nitrogen and oxygen atoms in total. The van der Waals surface area contributed by atoms with Gasteiger partial charge in [-0.25, -0.2) is 0 Å². The molecule has 3 unspecified atom stereocenters. The van der Waals surface area contributed by atoms with E-state index < -0.39 is 35.0 Å². The molecule has 0 saturated heterocycles. The lowest BCUT2D eigenvalue weighted by Crippen LogP contribution is -2.34. The fraction of sp³-hybridized carbons (Fsp3) is 0.458. The van der Waals surface area contributed by atoms with Gasteiger partial charge in [-0.2, -0.15) is 0 Å². The molecule has 2 rings (SSSR count). The fourth-order valence-corrected chi connectivity index (χ4v) is 4.35. The van der Waals surface area contributed by atoms with E-state index in [1.54, 1.807) is 12.1 Å². The summed E-state index contributed by atoms with van der Waals surface area (Å²) in [6.45, 7) is 5.64. The van der Waals surface area contributed by atoms with E-state index in [0.717, 1.165) is 11.1 Å². The van der Waals surface area contributed by atoms with Crippen molar-refractivity contribution in [2.45, 2.75) is 38.4 Å². The Morgan fingerprint density at radius 3 is 2.23 bits per heavy atom. The number of carbonyl (C=O) groups is 1. The monoisotopic (exact) mass is 565 g/mol. The maximum atomic E-state index is 11.2. The number of aliphatic hydroxyl groups excluding tert-OH is 1. The molecule has 0 aliphatic heterocycles. The molecule has 0 saturated carbocycles. The molecule has 2 N–H and O–H groups in total. The van der Waals surface area contributed by atoms with Crippen molar-refractivity contribution < 1.29 is 28.7 Å². The van der Waals surface area contributed by atoms with Gasteiger partial charge in [-0.3, -0.25) is 4.79 Å². The molecule has 0 amide bonds. The Labute approximate surface area is 224 Å². The van der Waals surface area contributed by atoms with Crippen molar-refractivity contribution in [1.29, 1.82) is 0 Å². The predicted octanol–water partition coefficient (Wildman–Crippen LogP) is 4.49. The van der Waals surface area contributed by atoms with Crippen LogP contribution >= 0.6 is 34.8 Å². The summed E-state index contributed by atoms with van der Waals surface area (Å²) in [5.41, 5.74) is 1.41. The number of ether oxygens (including phenoxy) is 3. The van der Waals surface area contributed by atoms with Gasteiger partial charge in [0.1, 0.15) is 37.4 Å². The van der Waals surface area contributed by atoms with Crippen LogP contribution in [0.3, 0.4) is 0 Å². The van der Waals surface area contributed by atoms with Crippen LogP contribution in [0, 0.1) is 0 Å². The zero-order valence-electron chi connectivity index (χ0n) is 20.0. The molecule has 35 heavy (non-hydrogen) atoms. The highest BCUT2D eigenvalue weighted by molar-refractivity contribution is 7.88. The molecular formula is C24H30Cl3NO6S. The van der Waals surface area contributed by atoms with E-state index >= 15 is 0 Å². The first-order valence-electron chi connectivity index (χ1n) is 10.8. The highest BCUT2D eigenvalue weighted by Crippen LogP contribution is 2.40. The molecule has 0 heterocycles. The Morgan fingerprint density at radius 1 is 1.11 bits per heavy atom. The fourth-order valence-electron chi connectivity index (χ4n) is 3.18. The topological polar surface area (TPSA) is 100 Å². The number of hydrogen-bond donors (Lipinski definition) is 2. The van der Waals surface area contributed by atoms with Crippen molar-refractivity contribution in [1.82, 2.24) is 4.72 Å². The van der Waals surface area contributed by atoms with E-state index in [1.165, 1.54) is 13.2 Å². The number of rotatable bonds is 13. The van der Waals surface area contributed by atoms with Crippen LogP contribution in [0.5, 0.6) is 11.5 Å². The molecule has 11 heteroatoms. The van der Waals surface area contributed by atoms with E-state index in [0.29, 0.717) is 21.5 Å². The summed E-state index contributed by atoms with van der Waals surface area (Å²) in [6, 6.07) is 11.1. The van der Waals surface area contributed by atoms with Crippen LogP contribution in [-0.2, 0) is 26.3 Å². The van der Waals surface area contributed by atoms with Gasteiger partial charge in [-0.05, 0) is 35.4 Å². The SMILES string of the molecule is CC(=O)OC(CCl)COc1c(Cl)cc(C(C)(C)c2ccc(OCC(O)CN[S+](C)[O-])cc2)cc1Cl. The second-order valence-corrected chi connectivity index (χ2v) is 10.7. The first-order chi connectivity index (χ1) is 16.4. The van der Waals surface area contributed by atoms with Crippen molar-refractivity contribution in [2.24, 2.45) is 0 Å². The van der Waals surface area contributed by atoms with Crippen LogP contribution in [0.1, 0.15) is 31.9 Å². The maximum absolute atomic E-state index is 11.2. The minimum atomic E-state index is -1.19. The first kappa shape index (κ1) is 29.8. The van der Waals surface area contributed by atoms with E-state index in [-0.39, 0.29) is 25.6 Å². The summed E-state index contributed by atoms with van der Waals surface area (Å²) >= 11 is 17.6. The number of aliphatic hydroxyl groups is 1. The predicted molar refractivity (Wildman–Crippen MR) is 140 cm³/mol. The molecule has 0 aliphatic rings. The lowest BCUT2D eigenvalue weighted by molar-refractivity contribution is -0.146. The van der Waals surface area contributed by atoms with Crippen LogP contribution in [0.2, 0.25) is 10.0 Å². The van der Waals surface area contributed by atoms with E-state index in [2.05, 4.69) is 4.72 Å². The average Bonchev–Trinajstić information content (AvgIpc) is 2.79. The maximum Gasteiger partial charge on any atom is 0.303 e. The Morgan fingerprint density at radius 2 is 1.71 bits per heavy atom. The normalized spacial score (nSPS) is 14.2. The van der Waals surface area contributed by atoms with Crippen molar-refractivity contribution in [2.75, 3.05) is 31.9 Å². The molecule has 2 aromatic rings. The Balaban J connectivity index is 2.09. The Kier molecular flexibility index (Phi) is 11.8. The van der Waals surface area contributed by atoms with Crippen molar-refractivity contribution in [3.8, 4) is 11.5 Å². The standard InChI is InChI=1S/C24H30Cl3NO6S/c1-15(29)34-20(11-25)14-33-23-21(26)9-17(10-22(23)27)24(2,3)16-5-7-19(8-6-16)32-13-18(30)12-28-35(4)31/h5-10,18,20,28,30H,11-14H2,1-4H3. The zero-order chi connectivity index (χ0) is 26.2. The summed E-state index contributed by atoms with van der Waals surface area (Å²) in [7, 11) is 0. The zero-order valence-corrected chi connectivity index (χ0v) is 23.1. The van der Waals surface area contributed by atoms with Gasteiger partial charge in [0.2, 0.25) is 0 Å². The summed E-state index contributed by atoms with van der Waals surface area (Å²) in [6.07, 6.45) is 0.0948. The molecule has 0 fully saturated rings. The van der Waals surface area contributed by atoms with Crippen LogP contribution in [0.25, 0.3) is 0 Å². The summed E-state index contributed by atoms with van der Waals surface area (Å²) < 4.78 is 30.1. The van der Waals surface area contributed by atoms with E-state index in [9.17, 15) is 14.5 Å². The Hall–Kier alpha value is -1.39. The number of esters is 1. The first-order valence-corrected chi connectivity index (χ1v) is 13.6. The number of alkyl halides is 1. The number of hydrogen-bond acceptors (Lipinski definition) is 7. The second kappa shape index (κ2) is 13.8. The van der Waals surface area contributed by atoms with Gasteiger partial charge in [0.15, 0.2) is 5.75 Å². The molecule has 0 aliphatic carbocycles. The van der Waals surface area contributed by atoms with Gasteiger partial charge in [-0.1, -0.05) is 49.2 Å². The van der Waals surface area contributed by atoms with Crippen molar-refractivity contribution in [3.63, 3.8) is 0 Å². The van der Waals surface area contributed by atoms with Crippen molar-refractivity contribution >= 4 is 52.1 Å². The van der Waals surface area contributed by atoms with Gasteiger partial charge in [0.05, 0.1) is 22.5 Å². The highest BCUT2D eigenvalue weighted by Gasteiger charge is 2.26. The Bertz CT molecular complexity index is 951. The minimum absolute atomic E-state index is 0.0216. The van der Waals surface area contributed by atoms with E-state index in [4.69, 9.17) is 49.0 Å².